The van der Waals surface area contributed by atoms with Crippen molar-refractivity contribution in [2.45, 2.75) is 65.7 Å². The van der Waals surface area contributed by atoms with Crippen LogP contribution >= 0.6 is 22.7 Å². The fraction of sp³-hybridized carbons (Fsp3) is 0.611. The van der Waals surface area contributed by atoms with Crippen LogP contribution in [0.5, 0.6) is 0 Å². The molecular formula is C18H25FOS2. The van der Waals surface area contributed by atoms with Crippen molar-refractivity contribution in [3.05, 3.63) is 21.0 Å². The maximum atomic E-state index is 14.9. The molecule has 2 heterocycles. The van der Waals surface area contributed by atoms with Crippen molar-refractivity contribution in [1.29, 1.82) is 0 Å². The Labute approximate surface area is 140 Å². The minimum absolute atomic E-state index is 0.000454. The summed E-state index contributed by atoms with van der Waals surface area (Å²) in [6.45, 7) is 10.4. The number of halogens is 1. The lowest BCUT2D eigenvalue weighted by Gasteiger charge is -2.16. The summed E-state index contributed by atoms with van der Waals surface area (Å²) in [5.74, 6) is -0.329. The predicted molar refractivity (Wildman–Crippen MR) is 96.0 cm³/mol. The highest BCUT2D eigenvalue weighted by molar-refractivity contribution is 7.24. The zero-order valence-electron chi connectivity index (χ0n) is 14.1. The maximum Gasteiger partial charge on any atom is 0.178 e. The van der Waals surface area contributed by atoms with Crippen LogP contribution in [-0.4, -0.2) is 5.78 Å². The molecule has 0 fully saturated rings. The van der Waals surface area contributed by atoms with E-state index in [4.69, 9.17) is 0 Å². The Bertz CT molecular complexity index is 660. The lowest BCUT2D eigenvalue weighted by molar-refractivity contribution is 0.0909. The van der Waals surface area contributed by atoms with Crippen molar-refractivity contribution in [2.75, 3.05) is 0 Å². The summed E-state index contributed by atoms with van der Waals surface area (Å²) in [5.41, 5.74) is -0.0962. The van der Waals surface area contributed by atoms with Crippen molar-refractivity contribution < 1.29 is 9.18 Å². The molecule has 1 atom stereocenters. The second-order valence-electron chi connectivity index (χ2n) is 6.91. The number of ketones is 1. The zero-order valence-corrected chi connectivity index (χ0v) is 15.7. The van der Waals surface area contributed by atoms with Gasteiger partial charge < -0.3 is 0 Å². The smallest absolute Gasteiger partial charge is 0.178 e. The summed E-state index contributed by atoms with van der Waals surface area (Å²) in [5, 5.41) is 2.67. The van der Waals surface area contributed by atoms with Crippen LogP contribution in [0.2, 0.25) is 0 Å². The molecule has 1 unspecified atom stereocenters. The largest absolute Gasteiger partial charge is 0.293 e. The average molecular weight is 341 g/mol. The van der Waals surface area contributed by atoms with Crippen molar-refractivity contribution in [3.63, 3.8) is 0 Å². The summed E-state index contributed by atoms with van der Waals surface area (Å²) in [7, 11) is 0. The number of hydrogen-bond donors (Lipinski definition) is 0. The molecule has 1 nitrogen and oxygen atoms in total. The molecule has 0 saturated heterocycles. The average Bonchev–Trinajstić information content (AvgIpc) is 2.99. The minimum atomic E-state index is -0.286. The van der Waals surface area contributed by atoms with E-state index in [9.17, 15) is 9.18 Å². The highest BCUT2D eigenvalue weighted by atomic mass is 32.1. The molecule has 0 spiro atoms. The first-order valence-electron chi connectivity index (χ1n) is 8.05. The molecule has 0 saturated carbocycles. The number of Topliss-reactive ketones (excluding diaryl/α,β-unsaturated/α-hetero) is 1. The van der Waals surface area contributed by atoms with Gasteiger partial charge in [0.05, 0.1) is 0 Å². The fourth-order valence-corrected chi connectivity index (χ4v) is 5.15. The Kier molecular flexibility index (Phi) is 5.44. The molecular weight excluding hydrogens is 315 g/mol. The van der Waals surface area contributed by atoms with Crippen LogP contribution in [-0.2, 0) is 5.41 Å². The summed E-state index contributed by atoms with van der Waals surface area (Å²) in [6.07, 6.45) is 3.75. The molecule has 0 aliphatic heterocycles. The van der Waals surface area contributed by atoms with Gasteiger partial charge in [0.15, 0.2) is 11.6 Å². The van der Waals surface area contributed by atoms with Crippen molar-refractivity contribution in [1.82, 2.24) is 0 Å². The molecule has 0 aromatic carbocycles. The van der Waals surface area contributed by atoms with E-state index in [-0.39, 0.29) is 22.9 Å². The number of rotatable bonds is 6. The van der Waals surface area contributed by atoms with Crippen LogP contribution in [0.4, 0.5) is 4.39 Å². The van der Waals surface area contributed by atoms with E-state index in [1.165, 1.54) is 11.3 Å². The van der Waals surface area contributed by atoms with Crippen LogP contribution in [0, 0.1) is 11.7 Å². The summed E-state index contributed by atoms with van der Waals surface area (Å²) < 4.78 is 15.8. The molecule has 0 aliphatic rings. The van der Waals surface area contributed by atoms with E-state index in [1.54, 1.807) is 11.3 Å². The highest BCUT2D eigenvalue weighted by Gasteiger charge is 2.29. The van der Waals surface area contributed by atoms with Crippen molar-refractivity contribution in [2.24, 2.45) is 5.92 Å². The van der Waals surface area contributed by atoms with Crippen LogP contribution in [0.25, 0.3) is 10.1 Å². The van der Waals surface area contributed by atoms with E-state index in [0.717, 1.165) is 35.3 Å². The molecule has 0 amide bonds. The standard InChI is InChI=1S/C18H25FOS2/c1-6-8-9-11(7-2)15(20)16-14(19)13-12(22-16)10-21-17(13)18(3,4)5/h10-11H,6-9H2,1-5H3. The van der Waals surface area contributed by atoms with Gasteiger partial charge in [-0.05, 0) is 18.3 Å². The van der Waals surface area contributed by atoms with Crippen LogP contribution in [0.1, 0.15) is 74.9 Å². The topological polar surface area (TPSA) is 17.1 Å². The predicted octanol–water partition coefficient (Wildman–Crippen LogP) is 6.80. The van der Waals surface area contributed by atoms with Gasteiger partial charge in [0.25, 0.3) is 0 Å². The number of fused-ring (bicyclic) bond motifs is 1. The monoisotopic (exact) mass is 340 g/mol. The quantitative estimate of drug-likeness (QED) is 0.529. The number of carbonyl (C=O) groups is 1. The Hall–Kier alpha value is -0.740. The van der Waals surface area contributed by atoms with Gasteiger partial charge in [0.1, 0.15) is 4.88 Å². The normalized spacial score (nSPS) is 13.7. The van der Waals surface area contributed by atoms with E-state index in [0.29, 0.717) is 10.3 Å². The van der Waals surface area contributed by atoms with E-state index < -0.39 is 0 Å². The highest BCUT2D eigenvalue weighted by Crippen LogP contribution is 2.42. The first kappa shape index (κ1) is 17.6. The van der Waals surface area contributed by atoms with Crippen LogP contribution in [0.15, 0.2) is 5.38 Å². The lowest BCUT2D eigenvalue weighted by atomic mass is 9.91. The van der Waals surface area contributed by atoms with Gasteiger partial charge >= 0.3 is 0 Å². The third kappa shape index (κ3) is 3.28. The van der Waals surface area contributed by atoms with Gasteiger partial charge in [-0.25, -0.2) is 4.39 Å². The molecule has 22 heavy (non-hydrogen) atoms. The van der Waals surface area contributed by atoms with Gasteiger partial charge in [-0.2, -0.15) is 0 Å². The molecule has 4 heteroatoms. The van der Waals surface area contributed by atoms with Gasteiger partial charge in [0, 0.05) is 26.3 Å². The minimum Gasteiger partial charge on any atom is -0.293 e. The van der Waals surface area contributed by atoms with Gasteiger partial charge in [-0.15, -0.1) is 22.7 Å². The molecule has 0 radical (unpaired) electrons. The van der Waals surface area contributed by atoms with Gasteiger partial charge in [0.2, 0.25) is 0 Å². The summed E-state index contributed by atoms with van der Waals surface area (Å²) >= 11 is 2.93. The third-order valence-corrected chi connectivity index (χ3v) is 6.74. The van der Waals surface area contributed by atoms with Crippen LogP contribution in [0.3, 0.4) is 0 Å². The number of carbonyl (C=O) groups excluding carboxylic acids is 1. The summed E-state index contributed by atoms with van der Waals surface area (Å²) in [4.78, 5) is 14.1. The Morgan fingerprint density at radius 3 is 2.55 bits per heavy atom. The first-order valence-corrected chi connectivity index (χ1v) is 9.75. The molecule has 0 aliphatic carbocycles. The van der Waals surface area contributed by atoms with E-state index in [1.807, 2.05) is 12.3 Å². The molecule has 2 aromatic rings. The lowest BCUT2D eigenvalue weighted by Crippen LogP contribution is -2.14. The van der Waals surface area contributed by atoms with E-state index in [2.05, 4.69) is 27.7 Å². The summed E-state index contributed by atoms with van der Waals surface area (Å²) in [6, 6.07) is 0. The van der Waals surface area contributed by atoms with Crippen molar-refractivity contribution in [3.8, 4) is 0 Å². The molecule has 2 rings (SSSR count). The number of hydrogen-bond acceptors (Lipinski definition) is 3. The molecule has 122 valence electrons. The maximum absolute atomic E-state index is 14.9. The molecule has 0 bridgehead atoms. The Morgan fingerprint density at radius 1 is 1.32 bits per heavy atom. The van der Waals surface area contributed by atoms with Crippen LogP contribution < -0.4 is 0 Å². The number of thiophene rings is 2. The first-order chi connectivity index (χ1) is 10.3. The molecule has 2 aromatic heterocycles. The van der Waals surface area contributed by atoms with Gasteiger partial charge in [-0.1, -0.05) is 47.5 Å². The fourth-order valence-electron chi connectivity index (χ4n) is 2.76. The third-order valence-electron chi connectivity index (χ3n) is 4.06. The number of unbranched alkanes of at least 4 members (excludes halogenated alkanes) is 1. The second-order valence-corrected chi connectivity index (χ2v) is 8.84. The van der Waals surface area contributed by atoms with E-state index >= 15 is 0 Å². The Morgan fingerprint density at radius 2 is 2.00 bits per heavy atom. The van der Waals surface area contributed by atoms with Gasteiger partial charge in [-0.3, -0.25) is 4.79 Å². The zero-order chi connectivity index (χ0) is 16.5. The van der Waals surface area contributed by atoms with Crippen molar-refractivity contribution >= 4 is 38.5 Å². The Balaban J connectivity index is 2.42. The molecule has 0 N–H and O–H groups in total. The SMILES string of the molecule is CCCCC(CC)C(=O)c1sc2csc(C(C)(C)C)c2c1F. The second kappa shape index (κ2) is 6.79.